The Bertz CT molecular complexity index is 1150. The fourth-order valence-corrected chi connectivity index (χ4v) is 3.66. The monoisotopic (exact) mass is 388 g/mol. The minimum atomic E-state index is -0.00119. The van der Waals surface area contributed by atoms with Gasteiger partial charge in [-0.25, -0.2) is 9.97 Å². The second-order valence-electron chi connectivity index (χ2n) is 7.14. The summed E-state index contributed by atoms with van der Waals surface area (Å²) in [6.07, 6.45) is 5.17. The molecule has 1 aliphatic rings. The molecule has 1 N–H and O–H groups in total. The number of ether oxygens (including phenoxy) is 1. The van der Waals surface area contributed by atoms with E-state index in [2.05, 4.69) is 20.2 Å². The first-order valence-electron chi connectivity index (χ1n) is 9.53. The Morgan fingerprint density at radius 2 is 2.07 bits per heavy atom. The van der Waals surface area contributed by atoms with Crippen molar-refractivity contribution in [2.75, 3.05) is 19.7 Å². The van der Waals surface area contributed by atoms with Crippen molar-refractivity contribution < 1.29 is 9.53 Å². The Labute approximate surface area is 167 Å². The van der Waals surface area contributed by atoms with Crippen LogP contribution in [0.2, 0.25) is 0 Å². The van der Waals surface area contributed by atoms with Crippen molar-refractivity contribution in [3.8, 4) is 17.1 Å². The number of benzene rings is 1. The minimum absolute atomic E-state index is 0.00119. The van der Waals surface area contributed by atoms with Crippen LogP contribution in [0.3, 0.4) is 0 Å². The zero-order valence-corrected chi connectivity index (χ0v) is 15.9. The zero-order chi connectivity index (χ0) is 19.8. The molecule has 1 amide bonds. The molecular formula is C21H20N6O2. The van der Waals surface area contributed by atoms with Crippen LogP contribution in [0.5, 0.6) is 0 Å². The van der Waals surface area contributed by atoms with Gasteiger partial charge in [0.1, 0.15) is 12.0 Å². The van der Waals surface area contributed by atoms with E-state index in [1.807, 2.05) is 59.0 Å². The second-order valence-corrected chi connectivity index (χ2v) is 7.14. The molecule has 0 spiro atoms. The summed E-state index contributed by atoms with van der Waals surface area (Å²) in [5.74, 6) is 0.728. The maximum atomic E-state index is 12.8. The number of hydrogen-bond acceptors (Lipinski definition) is 5. The molecule has 0 unspecified atom stereocenters. The van der Waals surface area contributed by atoms with Crippen LogP contribution in [-0.2, 0) is 4.74 Å². The fraction of sp³-hybridized carbons (Fsp3) is 0.238. The number of pyridine rings is 1. The number of nitrogens with one attached hydrogen (secondary N) is 1. The number of rotatable bonds is 3. The number of fused-ring (bicyclic) bond motifs is 1. The predicted molar refractivity (Wildman–Crippen MR) is 108 cm³/mol. The number of aromatic amines is 1. The van der Waals surface area contributed by atoms with Crippen LogP contribution in [0.4, 0.5) is 0 Å². The molecule has 4 heterocycles. The SMILES string of the molecule is C[C@H]1CN(C(=O)c2cnc3c(ccn3-c3ccc(-c4ncn[nH]4)cc3)c2)CCO1. The third-order valence-corrected chi connectivity index (χ3v) is 5.14. The van der Waals surface area contributed by atoms with E-state index in [1.54, 1.807) is 6.20 Å². The van der Waals surface area contributed by atoms with Gasteiger partial charge in [0.2, 0.25) is 0 Å². The summed E-state index contributed by atoms with van der Waals surface area (Å²) < 4.78 is 7.53. The van der Waals surface area contributed by atoms with Crippen LogP contribution >= 0.6 is 0 Å². The quantitative estimate of drug-likeness (QED) is 0.583. The van der Waals surface area contributed by atoms with E-state index in [-0.39, 0.29) is 12.0 Å². The molecule has 3 aromatic heterocycles. The van der Waals surface area contributed by atoms with E-state index in [9.17, 15) is 4.79 Å². The molecule has 0 radical (unpaired) electrons. The van der Waals surface area contributed by atoms with E-state index in [1.165, 1.54) is 6.33 Å². The molecule has 1 aromatic carbocycles. The molecule has 8 heteroatoms. The average molecular weight is 388 g/mol. The smallest absolute Gasteiger partial charge is 0.255 e. The van der Waals surface area contributed by atoms with Gasteiger partial charge in [-0.3, -0.25) is 9.89 Å². The summed E-state index contributed by atoms with van der Waals surface area (Å²) in [7, 11) is 0. The Balaban J connectivity index is 1.43. The van der Waals surface area contributed by atoms with Crippen LogP contribution in [0.15, 0.2) is 55.1 Å². The molecule has 8 nitrogen and oxygen atoms in total. The lowest BCUT2D eigenvalue weighted by Gasteiger charge is -2.31. The first-order valence-corrected chi connectivity index (χ1v) is 9.53. The van der Waals surface area contributed by atoms with Gasteiger partial charge < -0.3 is 14.2 Å². The highest BCUT2D eigenvalue weighted by molar-refractivity contribution is 5.97. The van der Waals surface area contributed by atoms with Crippen molar-refractivity contribution in [1.82, 2.24) is 29.6 Å². The van der Waals surface area contributed by atoms with Crippen LogP contribution in [-0.4, -0.2) is 61.3 Å². The molecule has 29 heavy (non-hydrogen) atoms. The number of carbonyl (C=O) groups is 1. The van der Waals surface area contributed by atoms with Gasteiger partial charge >= 0.3 is 0 Å². The summed E-state index contributed by atoms with van der Waals surface area (Å²) in [6, 6.07) is 11.9. The topological polar surface area (TPSA) is 88.9 Å². The van der Waals surface area contributed by atoms with Crippen molar-refractivity contribution in [1.29, 1.82) is 0 Å². The van der Waals surface area contributed by atoms with Gasteiger partial charge in [0.15, 0.2) is 5.82 Å². The Kier molecular flexibility index (Phi) is 4.33. The molecule has 5 rings (SSSR count). The average Bonchev–Trinajstić information content (AvgIpc) is 3.43. The summed E-state index contributed by atoms with van der Waals surface area (Å²) >= 11 is 0. The van der Waals surface area contributed by atoms with Crippen LogP contribution < -0.4 is 0 Å². The summed E-state index contributed by atoms with van der Waals surface area (Å²) in [6.45, 7) is 3.77. The molecule has 4 aromatic rings. The summed E-state index contributed by atoms with van der Waals surface area (Å²) in [4.78, 5) is 23.4. The maximum Gasteiger partial charge on any atom is 0.255 e. The first-order chi connectivity index (χ1) is 14.2. The molecule has 0 aliphatic carbocycles. The van der Waals surface area contributed by atoms with Crippen molar-refractivity contribution >= 4 is 16.9 Å². The minimum Gasteiger partial charge on any atom is -0.375 e. The number of H-pyrrole nitrogens is 1. The summed E-state index contributed by atoms with van der Waals surface area (Å²) in [5.41, 5.74) is 3.36. The molecule has 1 saturated heterocycles. The van der Waals surface area contributed by atoms with Gasteiger partial charge in [-0.05, 0) is 43.3 Å². The predicted octanol–water partition coefficient (Wildman–Crippen LogP) is 2.67. The number of morpholine rings is 1. The van der Waals surface area contributed by atoms with E-state index in [0.29, 0.717) is 25.3 Å². The molecule has 0 saturated carbocycles. The highest BCUT2D eigenvalue weighted by Crippen LogP contribution is 2.23. The largest absolute Gasteiger partial charge is 0.375 e. The first kappa shape index (κ1) is 17.6. The number of aromatic nitrogens is 5. The molecule has 1 fully saturated rings. The van der Waals surface area contributed by atoms with Crippen LogP contribution in [0.25, 0.3) is 28.1 Å². The number of nitrogens with zero attached hydrogens (tertiary/aromatic N) is 5. The molecule has 1 atom stereocenters. The lowest BCUT2D eigenvalue weighted by atomic mass is 10.2. The van der Waals surface area contributed by atoms with Crippen LogP contribution in [0.1, 0.15) is 17.3 Å². The lowest BCUT2D eigenvalue weighted by molar-refractivity contribution is -0.0124. The highest BCUT2D eigenvalue weighted by Gasteiger charge is 2.23. The molecule has 1 aliphatic heterocycles. The standard InChI is InChI=1S/C21H20N6O2/c1-14-12-26(8-9-29-14)21(28)17-10-16-6-7-27(20(16)22-11-17)18-4-2-15(3-5-18)19-23-13-24-25-19/h2-7,10-11,13-14H,8-9,12H2,1H3,(H,23,24,25)/t14-/m0/s1. The second kappa shape index (κ2) is 7.14. The summed E-state index contributed by atoms with van der Waals surface area (Å²) in [5, 5.41) is 7.67. The van der Waals surface area contributed by atoms with Crippen molar-refractivity contribution in [2.45, 2.75) is 13.0 Å². The zero-order valence-electron chi connectivity index (χ0n) is 15.9. The van der Waals surface area contributed by atoms with Crippen LogP contribution in [0, 0.1) is 0 Å². The van der Waals surface area contributed by atoms with E-state index in [4.69, 9.17) is 4.74 Å². The van der Waals surface area contributed by atoms with Gasteiger partial charge in [-0.15, -0.1) is 0 Å². The fourth-order valence-electron chi connectivity index (χ4n) is 3.66. The van der Waals surface area contributed by atoms with Gasteiger partial charge in [0.05, 0.1) is 18.3 Å². The highest BCUT2D eigenvalue weighted by atomic mass is 16.5. The maximum absolute atomic E-state index is 12.8. The molecule has 146 valence electrons. The van der Waals surface area contributed by atoms with Gasteiger partial charge in [0.25, 0.3) is 5.91 Å². The lowest BCUT2D eigenvalue weighted by Crippen LogP contribution is -2.44. The number of amides is 1. The third kappa shape index (κ3) is 3.27. The Morgan fingerprint density at radius 3 is 2.83 bits per heavy atom. The normalized spacial score (nSPS) is 17.0. The Morgan fingerprint density at radius 1 is 1.21 bits per heavy atom. The number of hydrogen-bond donors (Lipinski definition) is 1. The molecular weight excluding hydrogens is 368 g/mol. The number of carbonyl (C=O) groups excluding carboxylic acids is 1. The molecule has 0 bridgehead atoms. The van der Waals surface area contributed by atoms with E-state index < -0.39 is 0 Å². The van der Waals surface area contributed by atoms with Gasteiger partial charge in [-0.2, -0.15) is 5.10 Å². The van der Waals surface area contributed by atoms with Gasteiger partial charge in [-0.1, -0.05) is 0 Å². The third-order valence-electron chi connectivity index (χ3n) is 5.14. The Hall–Kier alpha value is -3.52. The van der Waals surface area contributed by atoms with Crippen molar-refractivity contribution in [2.24, 2.45) is 0 Å². The van der Waals surface area contributed by atoms with E-state index >= 15 is 0 Å². The van der Waals surface area contributed by atoms with Crippen molar-refractivity contribution in [3.63, 3.8) is 0 Å². The van der Waals surface area contributed by atoms with Crippen molar-refractivity contribution in [3.05, 3.63) is 60.7 Å². The van der Waals surface area contributed by atoms with Gasteiger partial charge in [0, 0.05) is 42.1 Å². The van der Waals surface area contributed by atoms with E-state index in [0.717, 1.165) is 28.1 Å².